The van der Waals surface area contributed by atoms with Crippen LogP contribution in [0.4, 0.5) is 0 Å². The van der Waals surface area contributed by atoms with E-state index in [4.69, 9.17) is 4.99 Å². The highest BCUT2D eigenvalue weighted by Gasteiger charge is 2.12. The smallest absolute Gasteiger partial charge is 0.0961 e. The van der Waals surface area contributed by atoms with Gasteiger partial charge in [0.25, 0.3) is 0 Å². The number of likely N-dealkylation sites (N-methyl/N-ethyl adjacent to an activating group) is 1. The van der Waals surface area contributed by atoms with Gasteiger partial charge in [-0.3, -0.25) is 4.99 Å². The largest absolute Gasteiger partial charge is 0.374 e. The zero-order valence-electron chi connectivity index (χ0n) is 21.7. The zero-order chi connectivity index (χ0) is 23.9. The van der Waals surface area contributed by atoms with E-state index >= 15 is 0 Å². The molecule has 1 aromatic carbocycles. The standard InChI is InChI=1S/C25H37N3S.C3H8/c1-7-9-24-20(4)29-18-22(24)14-15-26-25(8-2)27-17-23(28(5)6)16-21-12-10-19(3)11-13-21;1-3-2/h7,9-13,18,23H,8,14-17H2,1-6H3,(H,26,27);3H2,1-2H3/b9-7-;. The fourth-order valence-electron chi connectivity index (χ4n) is 3.35. The number of allylic oxidation sites excluding steroid dienone is 1. The van der Waals surface area contributed by atoms with Crippen molar-refractivity contribution in [1.82, 2.24) is 10.2 Å². The van der Waals surface area contributed by atoms with Gasteiger partial charge < -0.3 is 10.2 Å². The molecule has 0 saturated carbocycles. The van der Waals surface area contributed by atoms with E-state index in [9.17, 15) is 0 Å². The van der Waals surface area contributed by atoms with Crippen LogP contribution in [0.2, 0.25) is 0 Å². The van der Waals surface area contributed by atoms with E-state index in [1.807, 2.05) is 11.3 Å². The minimum absolute atomic E-state index is 0.405. The molecule has 32 heavy (non-hydrogen) atoms. The van der Waals surface area contributed by atoms with Gasteiger partial charge in [-0.2, -0.15) is 0 Å². The summed E-state index contributed by atoms with van der Waals surface area (Å²) in [6.07, 6.45) is 8.59. The minimum Gasteiger partial charge on any atom is -0.374 e. The van der Waals surface area contributed by atoms with Crippen LogP contribution in [0, 0.1) is 13.8 Å². The number of aliphatic imine (C=N–C) groups is 1. The van der Waals surface area contributed by atoms with E-state index in [0.29, 0.717) is 6.04 Å². The molecule has 1 unspecified atom stereocenters. The molecular formula is C28H45N3S. The zero-order valence-corrected chi connectivity index (χ0v) is 22.5. The van der Waals surface area contributed by atoms with Gasteiger partial charge in [0.15, 0.2) is 0 Å². The Kier molecular flexibility index (Phi) is 13.9. The number of rotatable bonds is 10. The van der Waals surface area contributed by atoms with Crippen LogP contribution in [0.15, 0.2) is 40.7 Å². The topological polar surface area (TPSA) is 27.6 Å². The summed E-state index contributed by atoms with van der Waals surface area (Å²) in [5.74, 6) is 1.11. The highest BCUT2D eigenvalue weighted by molar-refractivity contribution is 7.10. The van der Waals surface area contributed by atoms with Crippen LogP contribution in [0.25, 0.3) is 6.08 Å². The molecule has 0 aliphatic carbocycles. The molecule has 0 spiro atoms. The number of hydrogen-bond acceptors (Lipinski definition) is 3. The van der Waals surface area contributed by atoms with Gasteiger partial charge in [0.05, 0.1) is 12.4 Å². The molecule has 0 amide bonds. The summed E-state index contributed by atoms with van der Waals surface area (Å²) in [6.45, 7) is 14.6. The van der Waals surface area contributed by atoms with Gasteiger partial charge in [-0.1, -0.05) is 69.2 Å². The summed E-state index contributed by atoms with van der Waals surface area (Å²) in [5, 5.41) is 5.86. The summed E-state index contributed by atoms with van der Waals surface area (Å²) < 4.78 is 0. The monoisotopic (exact) mass is 455 g/mol. The molecule has 0 saturated heterocycles. The van der Waals surface area contributed by atoms with Crippen LogP contribution >= 0.6 is 11.3 Å². The molecule has 2 aromatic rings. The summed E-state index contributed by atoms with van der Waals surface area (Å²) in [7, 11) is 4.30. The molecule has 0 bridgehead atoms. The van der Waals surface area contributed by atoms with Crippen molar-refractivity contribution in [2.75, 3.05) is 27.2 Å². The molecule has 1 atom stereocenters. The van der Waals surface area contributed by atoms with Crippen LogP contribution in [0.5, 0.6) is 0 Å². The number of benzene rings is 1. The lowest BCUT2D eigenvalue weighted by Crippen LogP contribution is -2.34. The first-order valence-corrected chi connectivity index (χ1v) is 12.9. The van der Waals surface area contributed by atoms with Crippen molar-refractivity contribution in [1.29, 1.82) is 0 Å². The third-order valence-corrected chi connectivity index (χ3v) is 6.29. The maximum absolute atomic E-state index is 4.93. The molecule has 0 aliphatic rings. The van der Waals surface area contributed by atoms with E-state index in [1.165, 1.54) is 33.6 Å². The van der Waals surface area contributed by atoms with Crippen LogP contribution in [0.3, 0.4) is 0 Å². The summed E-state index contributed by atoms with van der Waals surface area (Å²) >= 11 is 1.84. The van der Waals surface area contributed by atoms with Crippen LogP contribution in [-0.2, 0) is 12.8 Å². The van der Waals surface area contributed by atoms with Gasteiger partial charge in [-0.25, -0.2) is 0 Å². The average Bonchev–Trinajstić information content (AvgIpc) is 3.11. The predicted molar refractivity (Wildman–Crippen MR) is 146 cm³/mol. The van der Waals surface area contributed by atoms with Gasteiger partial charge in [-0.05, 0) is 69.8 Å². The minimum atomic E-state index is 0.405. The Hall–Kier alpha value is -1.91. The molecule has 2 rings (SSSR count). The Morgan fingerprint density at radius 3 is 2.34 bits per heavy atom. The van der Waals surface area contributed by atoms with E-state index in [1.54, 1.807) is 0 Å². The number of hydrogen-bond donors (Lipinski definition) is 1. The van der Waals surface area contributed by atoms with E-state index in [0.717, 1.165) is 38.2 Å². The summed E-state index contributed by atoms with van der Waals surface area (Å²) in [4.78, 5) is 8.61. The molecule has 4 heteroatoms. The maximum atomic E-state index is 4.93. The van der Waals surface area contributed by atoms with Gasteiger partial charge in [0.1, 0.15) is 0 Å². The lowest BCUT2D eigenvalue weighted by Gasteiger charge is -2.23. The van der Waals surface area contributed by atoms with Gasteiger partial charge in [-0.15, -0.1) is 11.3 Å². The van der Waals surface area contributed by atoms with E-state index in [-0.39, 0.29) is 0 Å². The molecule has 1 N–H and O–H groups in total. The fourth-order valence-corrected chi connectivity index (χ4v) is 4.24. The fraction of sp³-hybridized carbons (Fsp3) is 0.536. The quantitative estimate of drug-likeness (QED) is 0.311. The number of nitrogens with one attached hydrogen (secondary N) is 1. The Labute approximate surface area is 201 Å². The van der Waals surface area contributed by atoms with Crippen LogP contribution < -0.4 is 5.32 Å². The summed E-state index contributed by atoms with van der Waals surface area (Å²) in [5.41, 5.74) is 5.50. The molecule has 0 fully saturated rings. The third-order valence-electron chi connectivity index (χ3n) is 5.31. The lowest BCUT2D eigenvalue weighted by molar-refractivity contribution is 0.298. The van der Waals surface area contributed by atoms with E-state index < -0.39 is 0 Å². The highest BCUT2D eigenvalue weighted by Crippen LogP contribution is 2.23. The van der Waals surface area contributed by atoms with Crippen molar-refractivity contribution in [3.63, 3.8) is 0 Å². The van der Waals surface area contributed by atoms with Gasteiger partial charge in [0.2, 0.25) is 0 Å². The molecule has 178 valence electrons. The SMILES string of the molecule is C/C=C\c1c(CCNC(CC)=NCC(Cc2ccc(C)cc2)N(C)C)csc1C.CCC. The Morgan fingerprint density at radius 1 is 1.12 bits per heavy atom. The predicted octanol–water partition coefficient (Wildman–Crippen LogP) is 6.93. The first-order chi connectivity index (χ1) is 15.4. The number of thiophene rings is 1. The second-order valence-electron chi connectivity index (χ2n) is 8.56. The van der Waals surface area contributed by atoms with E-state index in [2.05, 4.69) is 108 Å². The lowest BCUT2D eigenvalue weighted by atomic mass is 10.0. The van der Waals surface area contributed by atoms with Crippen molar-refractivity contribution < 1.29 is 0 Å². The Morgan fingerprint density at radius 2 is 1.78 bits per heavy atom. The molecule has 0 radical (unpaired) electrons. The number of nitrogens with zero attached hydrogens (tertiary/aromatic N) is 2. The summed E-state index contributed by atoms with van der Waals surface area (Å²) in [6, 6.07) is 9.26. The normalized spacial score (nSPS) is 12.7. The molecule has 0 aliphatic heterocycles. The highest BCUT2D eigenvalue weighted by atomic mass is 32.1. The van der Waals surface area contributed by atoms with Crippen molar-refractivity contribution >= 4 is 23.2 Å². The second-order valence-corrected chi connectivity index (χ2v) is 9.65. The Bertz CT molecular complexity index is 816. The maximum Gasteiger partial charge on any atom is 0.0961 e. The Balaban J connectivity index is 0.00000161. The van der Waals surface area contributed by atoms with Crippen molar-refractivity contribution in [3.8, 4) is 0 Å². The third kappa shape index (κ3) is 10.1. The number of aryl methyl sites for hydroxylation is 2. The van der Waals surface area contributed by atoms with Crippen molar-refractivity contribution in [2.45, 2.75) is 73.3 Å². The van der Waals surface area contributed by atoms with Crippen LogP contribution in [0.1, 0.15) is 67.7 Å². The van der Waals surface area contributed by atoms with Crippen LogP contribution in [-0.4, -0.2) is 44.0 Å². The second kappa shape index (κ2) is 15.8. The first kappa shape index (κ1) is 28.1. The molecule has 3 nitrogen and oxygen atoms in total. The molecular weight excluding hydrogens is 410 g/mol. The van der Waals surface area contributed by atoms with Gasteiger partial charge >= 0.3 is 0 Å². The van der Waals surface area contributed by atoms with Crippen molar-refractivity contribution in [2.24, 2.45) is 4.99 Å². The number of amidine groups is 1. The molecule has 1 aromatic heterocycles. The van der Waals surface area contributed by atoms with Crippen molar-refractivity contribution in [3.05, 3.63) is 62.9 Å². The van der Waals surface area contributed by atoms with Gasteiger partial charge in [0, 0.05) is 23.9 Å². The molecule has 1 heterocycles. The average molecular weight is 456 g/mol. The first-order valence-electron chi connectivity index (χ1n) is 12.0.